The second-order valence-electron chi connectivity index (χ2n) is 3.44. The van der Waals surface area contributed by atoms with Crippen molar-refractivity contribution in [1.82, 2.24) is 0 Å². The smallest absolute Gasteiger partial charge is 0.153 e. The van der Waals surface area contributed by atoms with Gasteiger partial charge in [0.1, 0.15) is 5.82 Å². The van der Waals surface area contributed by atoms with Crippen LogP contribution in [0.5, 0.6) is 0 Å². The molecule has 2 aromatic rings. The minimum absolute atomic E-state index is 0.0170. The van der Waals surface area contributed by atoms with Crippen LogP contribution in [0.1, 0.15) is 10.4 Å². The first-order valence-electron chi connectivity index (χ1n) is 4.82. The summed E-state index contributed by atoms with van der Waals surface area (Å²) in [5.41, 5.74) is 0.963. The molecule has 4 heteroatoms. The molecule has 0 N–H and O–H groups in total. The van der Waals surface area contributed by atoms with E-state index in [1.165, 1.54) is 12.1 Å². The van der Waals surface area contributed by atoms with Crippen molar-refractivity contribution < 1.29 is 9.18 Å². The molecule has 0 saturated carbocycles. The normalized spacial score (nSPS) is 10.3. The third-order valence-electron chi connectivity index (χ3n) is 2.39. The Morgan fingerprint density at radius 3 is 2.53 bits per heavy atom. The van der Waals surface area contributed by atoms with Crippen molar-refractivity contribution >= 4 is 29.5 Å². The first-order valence-corrected chi connectivity index (χ1v) is 5.58. The number of halogens is 3. The van der Waals surface area contributed by atoms with Crippen LogP contribution in [0.15, 0.2) is 36.4 Å². The Labute approximate surface area is 108 Å². The lowest BCUT2D eigenvalue weighted by atomic mass is 10.00. The number of carbonyl (C=O) groups excluding carboxylic acids is 1. The molecule has 2 rings (SSSR count). The van der Waals surface area contributed by atoms with Crippen LogP contribution in [0.3, 0.4) is 0 Å². The summed E-state index contributed by atoms with van der Waals surface area (Å²) in [6.07, 6.45) is 0.474. The monoisotopic (exact) mass is 268 g/mol. The summed E-state index contributed by atoms with van der Waals surface area (Å²) in [4.78, 5) is 10.9. The van der Waals surface area contributed by atoms with Crippen LogP contribution in [0.25, 0.3) is 11.1 Å². The van der Waals surface area contributed by atoms with Gasteiger partial charge >= 0.3 is 0 Å². The molecular formula is C13H7Cl2FO. The van der Waals surface area contributed by atoms with E-state index in [1.54, 1.807) is 24.3 Å². The minimum atomic E-state index is -0.575. The molecule has 0 aromatic heterocycles. The molecule has 0 heterocycles. The van der Waals surface area contributed by atoms with E-state index in [0.717, 1.165) is 0 Å². The second-order valence-corrected chi connectivity index (χ2v) is 4.29. The zero-order valence-corrected chi connectivity index (χ0v) is 10.1. The maximum atomic E-state index is 13.5. The van der Waals surface area contributed by atoms with Crippen molar-refractivity contribution in [3.05, 3.63) is 57.8 Å². The third kappa shape index (κ3) is 2.33. The van der Waals surface area contributed by atoms with Gasteiger partial charge in [-0.2, -0.15) is 0 Å². The summed E-state index contributed by atoms with van der Waals surface area (Å²) in [5.74, 6) is -0.575. The lowest BCUT2D eigenvalue weighted by Gasteiger charge is -2.08. The van der Waals surface area contributed by atoms with E-state index < -0.39 is 5.82 Å². The van der Waals surface area contributed by atoms with Gasteiger partial charge in [0.15, 0.2) is 6.29 Å². The quantitative estimate of drug-likeness (QED) is 0.727. The number of hydrogen-bond donors (Lipinski definition) is 0. The van der Waals surface area contributed by atoms with Gasteiger partial charge in [0.25, 0.3) is 0 Å². The second kappa shape index (κ2) is 4.86. The Balaban J connectivity index is 2.72. The lowest BCUT2D eigenvalue weighted by molar-refractivity contribution is 0.112. The highest BCUT2D eigenvalue weighted by molar-refractivity contribution is 6.35. The number of hydrogen-bond acceptors (Lipinski definition) is 1. The van der Waals surface area contributed by atoms with E-state index in [4.69, 9.17) is 23.2 Å². The number of rotatable bonds is 2. The average Bonchev–Trinajstić information content (AvgIpc) is 2.32. The molecule has 0 aliphatic heterocycles. The molecule has 0 unspecified atom stereocenters. The van der Waals surface area contributed by atoms with Crippen molar-refractivity contribution in [3.63, 3.8) is 0 Å². The molecule has 0 saturated heterocycles. The molecule has 0 amide bonds. The van der Waals surface area contributed by atoms with Gasteiger partial charge in [0.2, 0.25) is 0 Å². The van der Waals surface area contributed by atoms with Gasteiger partial charge in [0, 0.05) is 15.6 Å². The van der Waals surface area contributed by atoms with Crippen LogP contribution in [0.2, 0.25) is 10.0 Å². The molecule has 0 atom stereocenters. The largest absolute Gasteiger partial charge is 0.298 e. The third-order valence-corrected chi connectivity index (χ3v) is 2.95. The first kappa shape index (κ1) is 12.1. The summed E-state index contributed by atoms with van der Waals surface area (Å²) in [6, 6.07) is 9.22. The van der Waals surface area contributed by atoms with Gasteiger partial charge in [-0.15, -0.1) is 0 Å². The predicted octanol–water partition coefficient (Wildman–Crippen LogP) is 4.61. The van der Waals surface area contributed by atoms with E-state index in [9.17, 15) is 9.18 Å². The summed E-state index contributed by atoms with van der Waals surface area (Å²) in [6.45, 7) is 0. The Hall–Kier alpha value is -1.38. The summed E-state index contributed by atoms with van der Waals surface area (Å²) in [5, 5.41) is 0.897. The fourth-order valence-electron chi connectivity index (χ4n) is 1.60. The highest BCUT2D eigenvalue weighted by atomic mass is 35.5. The van der Waals surface area contributed by atoms with Crippen LogP contribution in [0, 0.1) is 5.82 Å². The number of aldehydes is 1. The zero-order chi connectivity index (χ0) is 12.4. The van der Waals surface area contributed by atoms with Gasteiger partial charge in [-0.05, 0) is 29.8 Å². The molecule has 0 bridgehead atoms. The van der Waals surface area contributed by atoms with Gasteiger partial charge in [-0.3, -0.25) is 4.79 Å². The van der Waals surface area contributed by atoms with Gasteiger partial charge in [0.05, 0.1) is 5.56 Å². The van der Waals surface area contributed by atoms with Crippen molar-refractivity contribution in [2.24, 2.45) is 0 Å². The fraction of sp³-hybridized carbons (Fsp3) is 0. The zero-order valence-electron chi connectivity index (χ0n) is 8.58. The fourth-order valence-corrected chi connectivity index (χ4v) is 1.99. The molecule has 17 heavy (non-hydrogen) atoms. The maximum Gasteiger partial charge on any atom is 0.153 e. The standard InChI is InChI=1S/C13H7Cl2FO/c14-8-4-5-12(15)10(6-8)9-2-1-3-13(16)11(9)7-17/h1-7H. The average molecular weight is 269 g/mol. The Kier molecular flexibility index (Phi) is 3.46. The first-order chi connectivity index (χ1) is 8.13. The number of benzene rings is 2. The molecule has 0 spiro atoms. The molecule has 2 aromatic carbocycles. The predicted molar refractivity (Wildman–Crippen MR) is 67.2 cm³/mol. The molecule has 1 nitrogen and oxygen atoms in total. The molecule has 0 aliphatic rings. The summed E-state index contributed by atoms with van der Waals surface area (Å²) >= 11 is 11.9. The Morgan fingerprint density at radius 1 is 1.06 bits per heavy atom. The van der Waals surface area contributed by atoms with Crippen molar-refractivity contribution in [2.45, 2.75) is 0 Å². The van der Waals surface area contributed by atoms with Crippen molar-refractivity contribution in [2.75, 3.05) is 0 Å². The van der Waals surface area contributed by atoms with Gasteiger partial charge in [-0.1, -0.05) is 35.3 Å². The van der Waals surface area contributed by atoms with Crippen molar-refractivity contribution in [3.8, 4) is 11.1 Å². The lowest BCUT2D eigenvalue weighted by Crippen LogP contribution is -1.93. The molecule has 0 fully saturated rings. The van der Waals surface area contributed by atoms with Crippen LogP contribution < -0.4 is 0 Å². The van der Waals surface area contributed by atoms with E-state index >= 15 is 0 Å². The van der Waals surface area contributed by atoms with E-state index in [2.05, 4.69) is 0 Å². The van der Waals surface area contributed by atoms with Crippen LogP contribution >= 0.6 is 23.2 Å². The Bertz CT molecular complexity index is 582. The highest BCUT2D eigenvalue weighted by Crippen LogP contribution is 2.32. The molecule has 0 radical (unpaired) electrons. The van der Waals surface area contributed by atoms with E-state index in [0.29, 0.717) is 27.5 Å². The molecular weight excluding hydrogens is 262 g/mol. The van der Waals surface area contributed by atoms with Crippen LogP contribution in [-0.2, 0) is 0 Å². The van der Waals surface area contributed by atoms with Crippen LogP contribution in [0.4, 0.5) is 4.39 Å². The SMILES string of the molecule is O=Cc1c(F)cccc1-c1cc(Cl)ccc1Cl. The van der Waals surface area contributed by atoms with E-state index in [-0.39, 0.29) is 5.56 Å². The van der Waals surface area contributed by atoms with Gasteiger partial charge in [-0.25, -0.2) is 4.39 Å². The Morgan fingerprint density at radius 2 is 1.82 bits per heavy atom. The topological polar surface area (TPSA) is 17.1 Å². The molecule has 86 valence electrons. The van der Waals surface area contributed by atoms with Crippen molar-refractivity contribution in [1.29, 1.82) is 0 Å². The van der Waals surface area contributed by atoms with E-state index in [1.807, 2.05) is 0 Å². The molecule has 0 aliphatic carbocycles. The van der Waals surface area contributed by atoms with Crippen LogP contribution in [-0.4, -0.2) is 6.29 Å². The number of carbonyl (C=O) groups is 1. The summed E-state index contributed by atoms with van der Waals surface area (Å²) < 4.78 is 13.5. The minimum Gasteiger partial charge on any atom is -0.298 e. The van der Waals surface area contributed by atoms with Gasteiger partial charge < -0.3 is 0 Å². The highest BCUT2D eigenvalue weighted by Gasteiger charge is 2.12. The summed E-state index contributed by atoms with van der Waals surface area (Å²) in [7, 11) is 0. The maximum absolute atomic E-state index is 13.5.